The maximum atomic E-state index is 13.1. The monoisotopic (exact) mass is 516 g/mol. The molecule has 0 atom stereocenters. The fourth-order valence-corrected chi connectivity index (χ4v) is 4.59. The van der Waals surface area contributed by atoms with Crippen LogP contribution < -0.4 is 10.6 Å². The van der Waals surface area contributed by atoms with Crippen molar-refractivity contribution in [3.63, 3.8) is 0 Å². The van der Waals surface area contributed by atoms with Crippen LogP contribution in [0.1, 0.15) is 30.0 Å². The summed E-state index contributed by atoms with van der Waals surface area (Å²) in [6.07, 6.45) is 7.06. The predicted octanol–water partition coefficient (Wildman–Crippen LogP) is 2.05. The second-order valence-electron chi connectivity index (χ2n) is 10.4. The zero-order valence-corrected chi connectivity index (χ0v) is 22.3. The Kier molecular flexibility index (Phi) is 6.67. The summed E-state index contributed by atoms with van der Waals surface area (Å²) < 4.78 is 3.29. The molecule has 0 radical (unpaired) electrons. The molecule has 0 bridgehead atoms. The molecule has 1 saturated heterocycles. The standard InChI is InChI=1S/C26H32N10O2/c1-17-21(10-20(12-27-17)29-23(37)15-35-9-8-33(4)26(2,3)16-35)30-25(38)24-22-7-6-18(14-36(22)32-31-24)19-11-28-34(5)13-19/h6-7,10-14H,8-9,15-16H2,1-5H3,(H,29,37)(H,30,38). The Morgan fingerprint density at radius 1 is 1.05 bits per heavy atom. The minimum atomic E-state index is -0.415. The van der Waals surface area contributed by atoms with Crippen molar-refractivity contribution in [2.45, 2.75) is 26.3 Å². The van der Waals surface area contributed by atoms with Gasteiger partial charge in [-0.3, -0.25) is 29.1 Å². The van der Waals surface area contributed by atoms with E-state index in [-0.39, 0.29) is 17.1 Å². The van der Waals surface area contributed by atoms with Crippen molar-refractivity contribution in [3.8, 4) is 11.1 Å². The van der Waals surface area contributed by atoms with Crippen LogP contribution in [-0.4, -0.2) is 90.0 Å². The van der Waals surface area contributed by atoms with Gasteiger partial charge in [0.15, 0.2) is 5.69 Å². The van der Waals surface area contributed by atoms with Crippen LogP contribution in [-0.2, 0) is 11.8 Å². The molecule has 0 saturated carbocycles. The van der Waals surface area contributed by atoms with Crippen molar-refractivity contribution in [1.29, 1.82) is 0 Å². The van der Waals surface area contributed by atoms with Gasteiger partial charge in [0.25, 0.3) is 5.91 Å². The smallest absolute Gasteiger partial charge is 0.278 e. The number of piperazine rings is 1. The molecule has 5 rings (SSSR count). The number of aromatic nitrogens is 6. The van der Waals surface area contributed by atoms with E-state index < -0.39 is 5.91 Å². The van der Waals surface area contributed by atoms with Crippen molar-refractivity contribution in [2.75, 3.05) is 43.9 Å². The quantitative estimate of drug-likeness (QED) is 0.399. The molecule has 198 valence electrons. The molecule has 12 heteroatoms. The van der Waals surface area contributed by atoms with Crippen molar-refractivity contribution >= 4 is 28.7 Å². The molecule has 1 aliphatic heterocycles. The van der Waals surface area contributed by atoms with E-state index in [4.69, 9.17) is 0 Å². The van der Waals surface area contributed by atoms with E-state index in [1.807, 2.05) is 19.3 Å². The Morgan fingerprint density at radius 3 is 2.61 bits per heavy atom. The van der Waals surface area contributed by atoms with Crippen LogP contribution in [0.4, 0.5) is 11.4 Å². The molecular weight excluding hydrogens is 484 g/mol. The second kappa shape index (κ2) is 9.95. The van der Waals surface area contributed by atoms with Gasteiger partial charge in [0, 0.05) is 55.7 Å². The lowest BCUT2D eigenvalue weighted by Crippen LogP contribution is -2.58. The lowest BCUT2D eigenvalue weighted by atomic mass is 10.00. The summed E-state index contributed by atoms with van der Waals surface area (Å²) in [5, 5.41) is 18.2. The van der Waals surface area contributed by atoms with E-state index in [1.165, 1.54) is 0 Å². The van der Waals surface area contributed by atoms with E-state index in [0.717, 1.165) is 30.8 Å². The zero-order chi connectivity index (χ0) is 27.0. The summed E-state index contributed by atoms with van der Waals surface area (Å²) in [4.78, 5) is 34.7. The van der Waals surface area contributed by atoms with Gasteiger partial charge in [-0.15, -0.1) is 5.10 Å². The first-order chi connectivity index (χ1) is 18.1. The second-order valence-corrected chi connectivity index (χ2v) is 10.4. The number of anilines is 2. The predicted molar refractivity (Wildman–Crippen MR) is 144 cm³/mol. The summed E-state index contributed by atoms with van der Waals surface area (Å²) >= 11 is 0. The van der Waals surface area contributed by atoms with E-state index in [9.17, 15) is 9.59 Å². The van der Waals surface area contributed by atoms with Gasteiger partial charge in [0.1, 0.15) is 0 Å². The van der Waals surface area contributed by atoms with Crippen LogP contribution in [0.5, 0.6) is 0 Å². The molecule has 12 nitrogen and oxygen atoms in total. The molecule has 4 aromatic rings. The van der Waals surface area contributed by atoms with Crippen molar-refractivity contribution < 1.29 is 9.59 Å². The number of carbonyl (C=O) groups is 2. The largest absolute Gasteiger partial charge is 0.324 e. The van der Waals surface area contributed by atoms with E-state index in [2.05, 4.69) is 61.7 Å². The molecular formula is C26H32N10O2. The molecule has 1 aliphatic rings. The fraction of sp³-hybridized carbons (Fsp3) is 0.385. The molecule has 2 amide bonds. The minimum absolute atomic E-state index is 0.00780. The Morgan fingerprint density at radius 2 is 1.87 bits per heavy atom. The number of likely N-dealkylation sites (N-methyl/N-ethyl adjacent to an activating group) is 1. The number of nitrogens with zero attached hydrogens (tertiary/aromatic N) is 8. The average molecular weight is 517 g/mol. The third kappa shape index (κ3) is 5.27. The fourth-order valence-electron chi connectivity index (χ4n) is 4.59. The number of hydrogen-bond donors (Lipinski definition) is 2. The SMILES string of the molecule is Cc1ncc(NC(=O)CN2CCN(C)C(C)(C)C2)cc1NC(=O)c1nnn2cc(-c3cnn(C)c3)ccc12. The van der Waals surface area contributed by atoms with Gasteiger partial charge in [-0.2, -0.15) is 5.10 Å². The summed E-state index contributed by atoms with van der Waals surface area (Å²) in [5.74, 6) is -0.538. The summed E-state index contributed by atoms with van der Waals surface area (Å²) in [7, 11) is 3.96. The maximum absolute atomic E-state index is 13.1. The van der Waals surface area contributed by atoms with Gasteiger partial charge < -0.3 is 10.6 Å². The average Bonchev–Trinajstić information content (AvgIpc) is 3.49. The lowest BCUT2D eigenvalue weighted by molar-refractivity contribution is -0.118. The summed E-state index contributed by atoms with van der Waals surface area (Å²) in [6, 6.07) is 5.41. The normalized spacial score (nSPS) is 16.0. The highest BCUT2D eigenvalue weighted by atomic mass is 16.2. The molecule has 0 aromatic carbocycles. The lowest BCUT2D eigenvalue weighted by Gasteiger charge is -2.45. The summed E-state index contributed by atoms with van der Waals surface area (Å²) in [6.45, 7) is 8.98. The third-order valence-corrected chi connectivity index (χ3v) is 7.05. The molecule has 2 N–H and O–H groups in total. The van der Waals surface area contributed by atoms with Gasteiger partial charge in [-0.05, 0) is 40.0 Å². The Labute approximate surface area is 220 Å². The maximum Gasteiger partial charge on any atom is 0.278 e. The third-order valence-electron chi connectivity index (χ3n) is 7.05. The van der Waals surface area contributed by atoms with Gasteiger partial charge >= 0.3 is 0 Å². The number of aryl methyl sites for hydroxylation is 2. The van der Waals surface area contributed by atoms with Crippen LogP contribution in [0.15, 0.2) is 43.0 Å². The van der Waals surface area contributed by atoms with Gasteiger partial charge in [0.2, 0.25) is 5.91 Å². The Bertz CT molecular complexity index is 1500. The van der Waals surface area contributed by atoms with Crippen molar-refractivity contribution in [3.05, 3.63) is 54.4 Å². The van der Waals surface area contributed by atoms with E-state index in [1.54, 1.807) is 46.8 Å². The molecule has 0 aliphatic carbocycles. The number of rotatable bonds is 6. The van der Waals surface area contributed by atoms with Crippen LogP contribution in [0, 0.1) is 6.92 Å². The molecule has 5 heterocycles. The zero-order valence-electron chi connectivity index (χ0n) is 22.3. The highest BCUT2D eigenvalue weighted by molar-refractivity contribution is 6.08. The Hall–Kier alpha value is -4.16. The van der Waals surface area contributed by atoms with Crippen molar-refractivity contribution in [2.24, 2.45) is 7.05 Å². The van der Waals surface area contributed by atoms with Crippen molar-refractivity contribution in [1.82, 2.24) is 39.4 Å². The number of carbonyl (C=O) groups excluding carboxylic acids is 2. The molecule has 1 fully saturated rings. The Balaban J connectivity index is 1.27. The van der Waals surface area contributed by atoms with Gasteiger partial charge in [-0.25, -0.2) is 4.52 Å². The molecule has 0 spiro atoms. The minimum Gasteiger partial charge on any atom is -0.324 e. The topological polar surface area (TPSA) is 126 Å². The first-order valence-corrected chi connectivity index (χ1v) is 12.4. The van der Waals surface area contributed by atoms with Gasteiger partial charge in [-0.1, -0.05) is 11.3 Å². The van der Waals surface area contributed by atoms with Crippen LogP contribution >= 0.6 is 0 Å². The molecule has 4 aromatic heterocycles. The van der Waals surface area contributed by atoms with Crippen LogP contribution in [0.2, 0.25) is 0 Å². The first-order valence-electron chi connectivity index (χ1n) is 12.4. The van der Waals surface area contributed by atoms with E-state index >= 15 is 0 Å². The van der Waals surface area contributed by atoms with Crippen LogP contribution in [0.3, 0.4) is 0 Å². The first kappa shape index (κ1) is 25.5. The number of fused-ring (bicyclic) bond motifs is 1. The van der Waals surface area contributed by atoms with E-state index in [0.29, 0.717) is 29.1 Å². The van der Waals surface area contributed by atoms with Gasteiger partial charge in [0.05, 0.1) is 41.5 Å². The number of nitrogens with one attached hydrogen (secondary N) is 2. The number of pyridine rings is 2. The molecule has 0 unspecified atom stereocenters. The summed E-state index contributed by atoms with van der Waals surface area (Å²) in [5.41, 5.74) is 4.23. The highest BCUT2D eigenvalue weighted by Gasteiger charge is 2.31. The van der Waals surface area contributed by atoms with Crippen LogP contribution in [0.25, 0.3) is 16.6 Å². The highest BCUT2D eigenvalue weighted by Crippen LogP contribution is 2.23. The number of amides is 2. The number of hydrogen-bond acceptors (Lipinski definition) is 8. The molecule has 38 heavy (non-hydrogen) atoms.